The van der Waals surface area contributed by atoms with Crippen molar-refractivity contribution in [3.63, 3.8) is 0 Å². The summed E-state index contributed by atoms with van der Waals surface area (Å²) in [6.45, 7) is 3.14. The highest BCUT2D eigenvalue weighted by Gasteiger charge is 1.99. The molecule has 0 unspecified atom stereocenters. The van der Waals surface area contributed by atoms with Crippen LogP contribution >= 0.6 is 11.3 Å². The van der Waals surface area contributed by atoms with Crippen molar-refractivity contribution >= 4 is 21.6 Å². The molecule has 4 heteroatoms. The first-order valence-electron chi connectivity index (χ1n) is 4.96. The smallest absolute Gasteiger partial charge is 0.0809 e. The number of fused-ring (bicyclic) bond motifs is 1. The predicted octanol–water partition coefficient (Wildman–Crippen LogP) is 1.77. The fourth-order valence-corrected chi connectivity index (χ4v) is 2.21. The van der Waals surface area contributed by atoms with E-state index in [-0.39, 0.29) is 6.10 Å². The van der Waals surface area contributed by atoms with Crippen LogP contribution in [-0.4, -0.2) is 22.7 Å². The SMILES string of the molecule is C[C@@H](O)CNCc1cnc2ccsc2c1. The number of nitrogens with one attached hydrogen (secondary N) is 1. The van der Waals surface area contributed by atoms with E-state index in [1.54, 1.807) is 18.3 Å². The van der Waals surface area contributed by atoms with Crippen molar-refractivity contribution in [1.29, 1.82) is 0 Å². The van der Waals surface area contributed by atoms with Crippen molar-refractivity contribution in [2.45, 2.75) is 19.6 Å². The lowest BCUT2D eigenvalue weighted by atomic mass is 10.2. The summed E-state index contributed by atoms with van der Waals surface area (Å²) in [6, 6.07) is 4.16. The Morgan fingerprint density at radius 3 is 3.27 bits per heavy atom. The van der Waals surface area contributed by atoms with E-state index in [0.717, 1.165) is 17.6 Å². The standard InChI is InChI=1S/C11H14N2OS/c1-8(14)5-12-6-9-4-11-10(13-7-9)2-3-15-11/h2-4,7-8,12,14H,5-6H2,1H3/t8-/m1/s1. The Bertz CT molecular complexity index is 439. The van der Waals surface area contributed by atoms with E-state index in [0.29, 0.717) is 6.54 Å². The molecule has 0 amide bonds. The minimum Gasteiger partial charge on any atom is -0.392 e. The van der Waals surface area contributed by atoms with Crippen molar-refractivity contribution in [1.82, 2.24) is 10.3 Å². The molecular formula is C11H14N2OS. The van der Waals surface area contributed by atoms with Gasteiger partial charge in [0.1, 0.15) is 0 Å². The lowest BCUT2D eigenvalue weighted by Crippen LogP contribution is -2.23. The molecule has 0 aliphatic carbocycles. The topological polar surface area (TPSA) is 45.1 Å². The fourth-order valence-electron chi connectivity index (χ4n) is 1.41. The third-order valence-corrected chi connectivity index (χ3v) is 2.98. The fraction of sp³-hybridized carbons (Fsp3) is 0.364. The molecule has 2 aromatic heterocycles. The maximum Gasteiger partial charge on any atom is 0.0809 e. The molecule has 0 fully saturated rings. The molecule has 2 rings (SSSR count). The van der Waals surface area contributed by atoms with Crippen LogP contribution in [0.25, 0.3) is 10.2 Å². The average molecular weight is 222 g/mol. The highest BCUT2D eigenvalue weighted by molar-refractivity contribution is 7.17. The number of aliphatic hydroxyl groups is 1. The zero-order valence-electron chi connectivity index (χ0n) is 8.60. The Morgan fingerprint density at radius 1 is 1.60 bits per heavy atom. The molecule has 0 saturated heterocycles. The molecule has 80 valence electrons. The van der Waals surface area contributed by atoms with Gasteiger partial charge in [0.05, 0.1) is 16.3 Å². The molecule has 0 aliphatic rings. The van der Waals surface area contributed by atoms with Crippen LogP contribution in [0.4, 0.5) is 0 Å². The van der Waals surface area contributed by atoms with Crippen molar-refractivity contribution < 1.29 is 5.11 Å². The van der Waals surface area contributed by atoms with Gasteiger partial charge in [0, 0.05) is 19.3 Å². The Kier molecular flexibility index (Phi) is 3.30. The molecule has 0 saturated carbocycles. The van der Waals surface area contributed by atoms with Crippen molar-refractivity contribution in [3.05, 3.63) is 29.3 Å². The molecule has 2 N–H and O–H groups in total. The second-order valence-electron chi connectivity index (χ2n) is 3.63. The first-order valence-corrected chi connectivity index (χ1v) is 5.84. The number of rotatable bonds is 4. The van der Waals surface area contributed by atoms with Gasteiger partial charge in [-0.3, -0.25) is 4.98 Å². The van der Waals surface area contributed by atoms with Crippen LogP contribution in [0.2, 0.25) is 0 Å². The Morgan fingerprint density at radius 2 is 2.47 bits per heavy atom. The summed E-state index contributed by atoms with van der Waals surface area (Å²) in [5.74, 6) is 0. The summed E-state index contributed by atoms with van der Waals surface area (Å²) in [6.07, 6.45) is 1.58. The number of hydrogen-bond acceptors (Lipinski definition) is 4. The summed E-state index contributed by atoms with van der Waals surface area (Å²) in [4.78, 5) is 4.35. The summed E-state index contributed by atoms with van der Waals surface area (Å²) in [7, 11) is 0. The maximum atomic E-state index is 9.09. The zero-order valence-corrected chi connectivity index (χ0v) is 9.42. The normalized spacial score (nSPS) is 13.2. The third-order valence-electron chi connectivity index (χ3n) is 2.13. The van der Waals surface area contributed by atoms with E-state index >= 15 is 0 Å². The van der Waals surface area contributed by atoms with Gasteiger partial charge in [-0.25, -0.2) is 0 Å². The molecule has 0 aromatic carbocycles. The zero-order chi connectivity index (χ0) is 10.7. The summed E-state index contributed by atoms with van der Waals surface area (Å²) in [5.41, 5.74) is 2.21. The van der Waals surface area contributed by atoms with Crippen LogP contribution in [0.1, 0.15) is 12.5 Å². The molecule has 0 bridgehead atoms. The van der Waals surface area contributed by atoms with Crippen LogP contribution in [0, 0.1) is 0 Å². The molecule has 2 aromatic rings. The first kappa shape index (κ1) is 10.5. The monoisotopic (exact) mass is 222 g/mol. The van der Waals surface area contributed by atoms with Crippen LogP contribution in [0.5, 0.6) is 0 Å². The Labute approximate surface area is 92.8 Å². The molecule has 15 heavy (non-hydrogen) atoms. The minimum absolute atomic E-state index is 0.302. The number of hydrogen-bond donors (Lipinski definition) is 2. The second kappa shape index (κ2) is 4.70. The summed E-state index contributed by atoms with van der Waals surface area (Å²) >= 11 is 1.70. The maximum absolute atomic E-state index is 9.09. The molecule has 0 spiro atoms. The lowest BCUT2D eigenvalue weighted by Gasteiger charge is -2.06. The van der Waals surface area contributed by atoms with E-state index in [4.69, 9.17) is 5.11 Å². The van der Waals surface area contributed by atoms with Crippen LogP contribution in [0.15, 0.2) is 23.7 Å². The van der Waals surface area contributed by atoms with E-state index in [2.05, 4.69) is 16.4 Å². The highest BCUT2D eigenvalue weighted by Crippen LogP contribution is 2.19. The number of aliphatic hydroxyl groups excluding tert-OH is 1. The van der Waals surface area contributed by atoms with Gasteiger partial charge in [-0.05, 0) is 30.0 Å². The number of aromatic nitrogens is 1. The lowest BCUT2D eigenvalue weighted by molar-refractivity contribution is 0.191. The van der Waals surface area contributed by atoms with Gasteiger partial charge in [0.2, 0.25) is 0 Å². The van der Waals surface area contributed by atoms with E-state index in [9.17, 15) is 0 Å². The average Bonchev–Trinajstić information content (AvgIpc) is 2.64. The quantitative estimate of drug-likeness (QED) is 0.828. The van der Waals surface area contributed by atoms with Crippen LogP contribution in [-0.2, 0) is 6.54 Å². The molecule has 0 radical (unpaired) electrons. The molecule has 2 heterocycles. The van der Waals surface area contributed by atoms with Crippen LogP contribution < -0.4 is 5.32 Å². The van der Waals surface area contributed by atoms with Crippen LogP contribution in [0.3, 0.4) is 0 Å². The van der Waals surface area contributed by atoms with Gasteiger partial charge >= 0.3 is 0 Å². The largest absolute Gasteiger partial charge is 0.392 e. The first-order chi connectivity index (χ1) is 7.25. The van der Waals surface area contributed by atoms with E-state index in [1.165, 1.54) is 4.70 Å². The second-order valence-corrected chi connectivity index (χ2v) is 4.58. The third kappa shape index (κ3) is 2.75. The summed E-state index contributed by atoms with van der Waals surface area (Å²) < 4.78 is 1.21. The van der Waals surface area contributed by atoms with Crippen molar-refractivity contribution in [3.8, 4) is 0 Å². The van der Waals surface area contributed by atoms with Gasteiger partial charge in [-0.1, -0.05) is 0 Å². The van der Waals surface area contributed by atoms with Gasteiger partial charge < -0.3 is 10.4 Å². The molecule has 0 aliphatic heterocycles. The number of nitrogens with zero attached hydrogens (tertiary/aromatic N) is 1. The Hall–Kier alpha value is -0.970. The summed E-state index contributed by atoms with van der Waals surface area (Å²) in [5, 5.41) is 14.3. The number of pyridine rings is 1. The minimum atomic E-state index is -0.302. The van der Waals surface area contributed by atoms with Crippen molar-refractivity contribution in [2.75, 3.05) is 6.54 Å². The van der Waals surface area contributed by atoms with Gasteiger partial charge in [0.25, 0.3) is 0 Å². The molecule has 3 nitrogen and oxygen atoms in total. The van der Waals surface area contributed by atoms with Gasteiger partial charge in [-0.15, -0.1) is 11.3 Å². The number of thiophene rings is 1. The van der Waals surface area contributed by atoms with Gasteiger partial charge in [-0.2, -0.15) is 0 Å². The van der Waals surface area contributed by atoms with Crippen molar-refractivity contribution in [2.24, 2.45) is 0 Å². The molecule has 1 atom stereocenters. The van der Waals surface area contributed by atoms with E-state index < -0.39 is 0 Å². The van der Waals surface area contributed by atoms with Gasteiger partial charge in [0.15, 0.2) is 0 Å². The predicted molar refractivity (Wildman–Crippen MR) is 63.0 cm³/mol. The van der Waals surface area contributed by atoms with E-state index in [1.807, 2.05) is 17.6 Å². The Balaban J connectivity index is 2.02. The molecular weight excluding hydrogens is 208 g/mol. The highest BCUT2D eigenvalue weighted by atomic mass is 32.1.